The van der Waals surface area contributed by atoms with Crippen molar-refractivity contribution in [2.24, 2.45) is 5.41 Å². The molecule has 0 aliphatic rings. The van der Waals surface area contributed by atoms with E-state index in [9.17, 15) is 9.59 Å². The highest BCUT2D eigenvalue weighted by atomic mass is 16.5. The van der Waals surface area contributed by atoms with Gasteiger partial charge in [0.2, 0.25) is 0 Å². The summed E-state index contributed by atoms with van der Waals surface area (Å²) in [6, 6.07) is 0. The molecule has 136 valence electrons. The molecule has 0 spiro atoms. The van der Waals surface area contributed by atoms with Crippen LogP contribution in [0.3, 0.4) is 0 Å². The van der Waals surface area contributed by atoms with Gasteiger partial charge in [-0.05, 0) is 20.3 Å². The number of rotatable bonds is 12. The zero-order valence-electron chi connectivity index (χ0n) is 15.9. The number of esters is 1. The minimum atomic E-state index is -0.936. The quantitative estimate of drug-likeness (QED) is 0.338. The summed E-state index contributed by atoms with van der Waals surface area (Å²) in [5.41, 5.74) is -0.562. The Balaban J connectivity index is 4.53. The number of ether oxygens (including phenoxy) is 1. The molecule has 0 rings (SSSR count). The molecule has 0 fully saturated rings. The van der Waals surface area contributed by atoms with Crippen LogP contribution in [-0.2, 0) is 14.3 Å². The summed E-state index contributed by atoms with van der Waals surface area (Å²) in [6.45, 7) is 6.44. The lowest BCUT2D eigenvalue weighted by molar-refractivity contribution is -0.873. The largest absolute Gasteiger partial charge is 0.481 e. The van der Waals surface area contributed by atoms with Gasteiger partial charge in [-0.2, -0.15) is 0 Å². The fourth-order valence-electron chi connectivity index (χ4n) is 2.53. The minimum Gasteiger partial charge on any atom is -0.481 e. The van der Waals surface area contributed by atoms with Crippen LogP contribution < -0.4 is 0 Å². The first-order chi connectivity index (χ1) is 10.5. The van der Waals surface area contributed by atoms with Gasteiger partial charge in [0.15, 0.2) is 6.10 Å². The molecule has 5 nitrogen and oxygen atoms in total. The molecular weight excluding hydrogens is 294 g/mol. The van der Waals surface area contributed by atoms with E-state index in [2.05, 4.69) is 6.92 Å². The minimum absolute atomic E-state index is 0.145. The SMILES string of the molecule is CCCCCCCC(C)(C)C(=O)OC(CC(=O)O)C[N+](C)(C)C. The van der Waals surface area contributed by atoms with Gasteiger partial charge < -0.3 is 14.3 Å². The summed E-state index contributed by atoms with van der Waals surface area (Å²) in [5, 5.41) is 9.02. The second-order valence-electron chi connectivity index (χ2n) is 8.15. The summed E-state index contributed by atoms with van der Waals surface area (Å²) in [6.07, 6.45) is 5.81. The van der Waals surface area contributed by atoms with Crippen LogP contribution in [0, 0.1) is 5.41 Å². The van der Waals surface area contributed by atoms with Gasteiger partial charge in [-0.3, -0.25) is 9.59 Å². The summed E-state index contributed by atoms with van der Waals surface area (Å²) >= 11 is 0. The first kappa shape index (κ1) is 21.9. The predicted molar refractivity (Wildman–Crippen MR) is 92.2 cm³/mol. The van der Waals surface area contributed by atoms with Crippen molar-refractivity contribution in [3.8, 4) is 0 Å². The van der Waals surface area contributed by atoms with Gasteiger partial charge in [0, 0.05) is 0 Å². The van der Waals surface area contributed by atoms with Crippen molar-refractivity contribution in [2.75, 3.05) is 27.7 Å². The van der Waals surface area contributed by atoms with Crippen molar-refractivity contribution in [3.05, 3.63) is 0 Å². The smallest absolute Gasteiger partial charge is 0.312 e. The third-order valence-corrected chi connectivity index (χ3v) is 3.89. The number of nitrogens with zero attached hydrogens (tertiary/aromatic N) is 1. The number of aliphatic carboxylic acids is 1. The standard InChI is InChI=1S/C18H35NO4/c1-7-8-9-10-11-12-18(2,3)17(22)23-15(13-16(20)21)14-19(4,5)6/h15H,7-14H2,1-6H3/p+1. The third-order valence-electron chi connectivity index (χ3n) is 3.89. The third kappa shape index (κ3) is 11.1. The van der Waals surface area contributed by atoms with E-state index < -0.39 is 17.5 Å². The van der Waals surface area contributed by atoms with Crippen molar-refractivity contribution < 1.29 is 23.9 Å². The number of hydrogen-bond acceptors (Lipinski definition) is 3. The van der Waals surface area contributed by atoms with E-state index in [0.29, 0.717) is 11.0 Å². The zero-order valence-corrected chi connectivity index (χ0v) is 15.9. The van der Waals surface area contributed by atoms with E-state index in [0.717, 1.165) is 19.3 Å². The molecule has 1 unspecified atom stereocenters. The van der Waals surface area contributed by atoms with Gasteiger partial charge in [0.05, 0.1) is 33.0 Å². The summed E-state index contributed by atoms with van der Waals surface area (Å²) < 4.78 is 6.10. The number of unbranched alkanes of at least 4 members (excludes halogenated alkanes) is 4. The molecule has 1 atom stereocenters. The molecule has 0 heterocycles. The lowest BCUT2D eigenvalue weighted by Gasteiger charge is -2.31. The summed E-state index contributed by atoms with van der Waals surface area (Å²) in [7, 11) is 5.88. The Kier molecular flexibility index (Phi) is 9.44. The van der Waals surface area contributed by atoms with Gasteiger partial charge in [-0.25, -0.2) is 0 Å². The van der Waals surface area contributed by atoms with Crippen molar-refractivity contribution in [1.29, 1.82) is 0 Å². The fraction of sp³-hybridized carbons (Fsp3) is 0.889. The van der Waals surface area contributed by atoms with Crippen molar-refractivity contribution in [2.45, 2.75) is 71.8 Å². The van der Waals surface area contributed by atoms with Crippen molar-refractivity contribution in [3.63, 3.8) is 0 Å². The normalized spacial score (nSPS) is 13.7. The monoisotopic (exact) mass is 330 g/mol. The Morgan fingerprint density at radius 3 is 2.13 bits per heavy atom. The van der Waals surface area contributed by atoms with Gasteiger partial charge >= 0.3 is 11.9 Å². The van der Waals surface area contributed by atoms with Gasteiger partial charge in [-0.1, -0.05) is 39.0 Å². The average molecular weight is 330 g/mol. The first-order valence-corrected chi connectivity index (χ1v) is 8.71. The van der Waals surface area contributed by atoms with E-state index in [4.69, 9.17) is 9.84 Å². The Hall–Kier alpha value is -1.10. The Morgan fingerprint density at radius 1 is 1.09 bits per heavy atom. The van der Waals surface area contributed by atoms with Crippen LogP contribution in [0.25, 0.3) is 0 Å². The molecular formula is C18H36NO4+. The molecule has 0 aliphatic heterocycles. The van der Waals surface area contributed by atoms with Crippen LogP contribution in [0.5, 0.6) is 0 Å². The van der Waals surface area contributed by atoms with Gasteiger partial charge in [0.1, 0.15) is 6.54 Å². The van der Waals surface area contributed by atoms with Crippen LogP contribution in [-0.4, -0.2) is 55.3 Å². The summed E-state index contributed by atoms with van der Waals surface area (Å²) in [4.78, 5) is 23.4. The van der Waals surface area contributed by atoms with Crippen molar-refractivity contribution >= 4 is 11.9 Å². The Labute approximate surface area is 141 Å². The lowest BCUT2D eigenvalue weighted by atomic mass is 9.87. The van der Waals surface area contributed by atoms with Crippen LogP contribution in [0.4, 0.5) is 0 Å². The molecule has 0 bridgehead atoms. The van der Waals surface area contributed by atoms with Crippen molar-refractivity contribution in [1.82, 2.24) is 0 Å². The van der Waals surface area contributed by atoms with Crippen LogP contribution in [0.2, 0.25) is 0 Å². The maximum atomic E-state index is 12.4. The van der Waals surface area contributed by atoms with E-state index >= 15 is 0 Å². The maximum Gasteiger partial charge on any atom is 0.312 e. The van der Waals surface area contributed by atoms with E-state index in [1.807, 2.05) is 35.0 Å². The molecule has 1 N–H and O–H groups in total. The molecule has 0 aromatic carbocycles. The highest BCUT2D eigenvalue weighted by Gasteiger charge is 2.33. The van der Waals surface area contributed by atoms with Gasteiger partial charge in [0.25, 0.3) is 0 Å². The van der Waals surface area contributed by atoms with Crippen LogP contribution >= 0.6 is 0 Å². The fourth-order valence-corrected chi connectivity index (χ4v) is 2.53. The first-order valence-electron chi connectivity index (χ1n) is 8.71. The molecule has 0 aromatic heterocycles. The van der Waals surface area contributed by atoms with Crippen LogP contribution in [0.1, 0.15) is 65.7 Å². The highest BCUT2D eigenvalue weighted by Crippen LogP contribution is 2.27. The lowest BCUT2D eigenvalue weighted by Crippen LogP contribution is -2.45. The molecule has 0 radical (unpaired) electrons. The van der Waals surface area contributed by atoms with E-state index in [1.165, 1.54) is 19.3 Å². The zero-order chi connectivity index (χ0) is 18.1. The molecule has 0 aliphatic carbocycles. The van der Waals surface area contributed by atoms with Gasteiger partial charge in [-0.15, -0.1) is 0 Å². The predicted octanol–water partition coefficient (Wildman–Crippen LogP) is 3.47. The number of carbonyl (C=O) groups is 2. The number of carbonyl (C=O) groups excluding carboxylic acids is 1. The number of carboxylic acid groups (broad SMARTS) is 1. The number of hydrogen-bond donors (Lipinski definition) is 1. The molecule has 0 saturated heterocycles. The van der Waals surface area contributed by atoms with Crippen LogP contribution in [0.15, 0.2) is 0 Å². The maximum absolute atomic E-state index is 12.4. The molecule has 23 heavy (non-hydrogen) atoms. The summed E-state index contributed by atoms with van der Waals surface area (Å²) in [5.74, 6) is -1.22. The highest BCUT2D eigenvalue weighted by molar-refractivity contribution is 5.76. The molecule has 0 saturated carbocycles. The Bertz CT molecular complexity index is 372. The van der Waals surface area contributed by atoms with E-state index in [-0.39, 0.29) is 12.4 Å². The second-order valence-corrected chi connectivity index (χ2v) is 8.15. The molecule has 0 amide bonds. The topological polar surface area (TPSA) is 63.6 Å². The Morgan fingerprint density at radius 2 is 1.65 bits per heavy atom. The molecule has 5 heteroatoms. The number of carboxylic acids is 1. The number of likely N-dealkylation sites (N-methyl/N-ethyl adjacent to an activating group) is 1. The van der Waals surface area contributed by atoms with E-state index in [1.54, 1.807) is 0 Å². The number of quaternary nitrogens is 1. The molecule has 0 aromatic rings. The second kappa shape index (κ2) is 9.91. The average Bonchev–Trinajstić information content (AvgIpc) is 2.35.